The van der Waals surface area contributed by atoms with Crippen LogP contribution in [-0.2, 0) is 11.2 Å². The molecule has 0 aliphatic carbocycles. The maximum absolute atomic E-state index is 11.6. The molecule has 2 rings (SSSR count). The van der Waals surface area contributed by atoms with Gasteiger partial charge in [-0.15, -0.1) is 0 Å². The van der Waals surface area contributed by atoms with E-state index in [2.05, 4.69) is 10.3 Å². The summed E-state index contributed by atoms with van der Waals surface area (Å²) in [6.07, 6.45) is 4.47. The lowest BCUT2D eigenvalue weighted by Gasteiger charge is -2.07. The van der Waals surface area contributed by atoms with Gasteiger partial charge in [0.2, 0.25) is 5.91 Å². The van der Waals surface area contributed by atoms with E-state index in [1.54, 1.807) is 12.3 Å². The molecule has 0 saturated carbocycles. The van der Waals surface area contributed by atoms with Gasteiger partial charge in [-0.3, -0.25) is 4.79 Å². The van der Waals surface area contributed by atoms with Gasteiger partial charge in [0.15, 0.2) is 0 Å². The Balaban J connectivity index is 2.26. The molecular formula is C16H20N2O3S. The van der Waals surface area contributed by atoms with E-state index in [0.717, 1.165) is 24.8 Å². The molecule has 0 radical (unpaired) electrons. The molecule has 2 aromatic rings. The van der Waals surface area contributed by atoms with Gasteiger partial charge in [-0.25, -0.2) is 4.98 Å². The molecule has 0 spiro atoms. The normalized spacial score (nSPS) is 10.6. The van der Waals surface area contributed by atoms with Gasteiger partial charge < -0.3 is 15.5 Å². The third-order valence-electron chi connectivity index (χ3n) is 3.19. The van der Waals surface area contributed by atoms with Gasteiger partial charge in [0.1, 0.15) is 21.5 Å². The molecule has 6 heteroatoms. The second-order valence-electron chi connectivity index (χ2n) is 5.08. The predicted molar refractivity (Wildman–Crippen MR) is 88.4 cm³/mol. The summed E-state index contributed by atoms with van der Waals surface area (Å²) in [6.45, 7) is 3.97. The number of amides is 1. The number of phenolic OH excluding ortho intramolecular Hbond substituents is 2. The van der Waals surface area contributed by atoms with Gasteiger partial charge in [0.05, 0.1) is 11.8 Å². The van der Waals surface area contributed by atoms with Crippen LogP contribution in [0.15, 0.2) is 18.3 Å². The highest BCUT2D eigenvalue weighted by Crippen LogP contribution is 2.38. The molecule has 1 heterocycles. The molecule has 1 aromatic heterocycles. The first-order chi connectivity index (χ1) is 10.5. The molecule has 0 fully saturated rings. The lowest BCUT2D eigenvalue weighted by Crippen LogP contribution is -2.09. The van der Waals surface area contributed by atoms with E-state index in [1.807, 2.05) is 13.8 Å². The molecule has 1 aromatic carbocycles. The van der Waals surface area contributed by atoms with Gasteiger partial charge in [-0.1, -0.05) is 31.6 Å². The largest absolute Gasteiger partial charge is 0.508 e. The second-order valence-corrected chi connectivity index (χ2v) is 6.11. The average molecular weight is 320 g/mol. The third-order valence-corrected chi connectivity index (χ3v) is 4.14. The van der Waals surface area contributed by atoms with Crippen molar-refractivity contribution in [3.63, 3.8) is 0 Å². The molecule has 0 atom stereocenters. The van der Waals surface area contributed by atoms with Crippen molar-refractivity contribution in [2.75, 3.05) is 5.32 Å². The maximum Gasteiger partial charge on any atom is 0.225 e. The summed E-state index contributed by atoms with van der Waals surface area (Å²) in [5.41, 5.74) is 1.35. The van der Waals surface area contributed by atoms with E-state index in [9.17, 15) is 15.0 Å². The SMILES string of the molecule is CCCC(=O)Nc1cnc(-c2cc(CCC)c(O)cc2O)s1. The Kier molecular flexibility index (Phi) is 5.38. The van der Waals surface area contributed by atoms with Crippen LogP contribution in [0.4, 0.5) is 5.00 Å². The summed E-state index contributed by atoms with van der Waals surface area (Å²) in [6, 6.07) is 3.10. The van der Waals surface area contributed by atoms with E-state index in [0.29, 0.717) is 22.0 Å². The van der Waals surface area contributed by atoms with Crippen LogP contribution in [-0.4, -0.2) is 21.1 Å². The van der Waals surface area contributed by atoms with Crippen LogP contribution in [0.1, 0.15) is 38.7 Å². The Morgan fingerprint density at radius 3 is 2.68 bits per heavy atom. The Morgan fingerprint density at radius 2 is 2.00 bits per heavy atom. The first-order valence-electron chi connectivity index (χ1n) is 7.36. The van der Waals surface area contributed by atoms with Crippen molar-refractivity contribution in [3.8, 4) is 22.1 Å². The van der Waals surface area contributed by atoms with Gasteiger partial charge >= 0.3 is 0 Å². The molecule has 0 bridgehead atoms. The van der Waals surface area contributed by atoms with Crippen molar-refractivity contribution in [2.24, 2.45) is 0 Å². The lowest BCUT2D eigenvalue weighted by atomic mass is 10.0. The molecule has 0 saturated heterocycles. The zero-order valence-electron chi connectivity index (χ0n) is 12.7. The van der Waals surface area contributed by atoms with Gasteiger partial charge in [-0.2, -0.15) is 0 Å². The smallest absolute Gasteiger partial charge is 0.225 e. The minimum atomic E-state index is -0.0423. The molecule has 22 heavy (non-hydrogen) atoms. The summed E-state index contributed by atoms with van der Waals surface area (Å²) in [5, 5.41) is 23.9. The minimum Gasteiger partial charge on any atom is -0.508 e. The molecule has 0 aliphatic heterocycles. The lowest BCUT2D eigenvalue weighted by molar-refractivity contribution is -0.116. The first-order valence-corrected chi connectivity index (χ1v) is 8.17. The molecule has 0 unspecified atom stereocenters. The number of aryl methyl sites for hydroxylation is 1. The zero-order valence-corrected chi connectivity index (χ0v) is 13.5. The first kappa shape index (κ1) is 16.3. The molecule has 3 N–H and O–H groups in total. The molecule has 5 nitrogen and oxygen atoms in total. The number of thiazole rings is 1. The Hall–Kier alpha value is -2.08. The van der Waals surface area contributed by atoms with Crippen molar-refractivity contribution < 1.29 is 15.0 Å². The topological polar surface area (TPSA) is 82.5 Å². The van der Waals surface area contributed by atoms with Crippen molar-refractivity contribution in [2.45, 2.75) is 39.5 Å². The number of nitrogens with one attached hydrogen (secondary N) is 1. The van der Waals surface area contributed by atoms with E-state index in [-0.39, 0.29) is 17.4 Å². The van der Waals surface area contributed by atoms with E-state index >= 15 is 0 Å². The summed E-state index contributed by atoms with van der Waals surface area (Å²) in [7, 11) is 0. The third kappa shape index (κ3) is 3.76. The number of phenols is 2. The van der Waals surface area contributed by atoms with Crippen LogP contribution in [0.5, 0.6) is 11.5 Å². The van der Waals surface area contributed by atoms with Crippen LogP contribution in [0, 0.1) is 0 Å². The van der Waals surface area contributed by atoms with Crippen molar-refractivity contribution >= 4 is 22.2 Å². The van der Waals surface area contributed by atoms with E-state index in [4.69, 9.17) is 0 Å². The van der Waals surface area contributed by atoms with E-state index in [1.165, 1.54) is 17.4 Å². The van der Waals surface area contributed by atoms with Gasteiger partial charge in [-0.05, 0) is 24.5 Å². The molecule has 0 aliphatic rings. The highest BCUT2D eigenvalue weighted by atomic mass is 32.1. The van der Waals surface area contributed by atoms with Crippen LogP contribution in [0.2, 0.25) is 0 Å². The number of carbonyl (C=O) groups is 1. The molecule has 118 valence electrons. The van der Waals surface area contributed by atoms with Crippen LogP contribution in [0.25, 0.3) is 10.6 Å². The number of benzene rings is 1. The number of hydrogen-bond donors (Lipinski definition) is 3. The minimum absolute atomic E-state index is 0.0156. The fourth-order valence-corrected chi connectivity index (χ4v) is 3.00. The van der Waals surface area contributed by atoms with Crippen molar-refractivity contribution in [3.05, 3.63) is 23.9 Å². The number of aromatic nitrogens is 1. The summed E-state index contributed by atoms with van der Waals surface area (Å²) in [5.74, 6) is 0.0357. The fourth-order valence-electron chi connectivity index (χ4n) is 2.15. The summed E-state index contributed by atoms with van der Waals surface area (Å²) >= 11 is 1.30. The van der Waals surface area contributed by atoms with Crippen LogP contribution >= 0.6 is 11.3 Å². The number of aromatic hydroxyl groups is 2. The number of rotatable bonds is 6. The quantitative estimate of drug-likeness (QED) is 0.753. The van der Waals surface area contributed by atoms with Gasteiger partial charge in [0, 0.05) is 12.5 Å². The van der Waals surface area contributed by atoms with Crippen molar-refractivity contribution in [1.82, 2.24) is 4.98 Å². The maximum atomic E-state index is 11.6. The Morgan fingerprint density at radius 1 is 1.23 bits per heavy atom. The average Bonchev–Trinajstić information content (AvgIpc) is 2.90. The van der Waals surface area contributed by atoms with Crippen LogP contribution < -0.4 is 5.32 Å². The predicted octanol–water partition coefficient (Wildman–Crippen LogP) is 3.91. The highest BCUT2D eigenvalue weighted by molar-refractivity contribution is 7.19. The number of anilines is 1. The highest BCUT2D eigenvalue weighted by Gasteiger charge is 2.14. The number of nitrogens with zero attached hydrogens (tertiary/aromatic N) is 1. The fraction of sp³-hybridized carbons (Fsp3) is 0.375. The zero-order chi connectivity index (χ0) is 16.1. The van der Waals surface area contributed by atoms with E-state index < -0.39 is 0 Å². The van der Waals surface area contributed by atoms with Crippen LogP contribution in [0.3, 0.4) is 0 Å². The molecule has 1 amide bonds. The van der Waals surface area contributed by atoms with Crippen molar-refractivity contribution in [1.29, 1.82) is 0 Å². The monoisotopic (exact) mass is 320 g/mol. The van der Waals surface area contributed by atoms with Gasteiger partial charge in [0.25, 0.3) is 0 Å². The Bertz CT molecular complexity index is 667. The second kappa shape index (κ2) is 7.26. The number of hydrogen-bond acceptors (Lipinski definition) is 5. The summed E-state index contributed by atoms with van der Waals surface area (Å²) in [4.78, 5) is 15.8. The molecular weight excluding hydrogens is 300 g/mol. The standard InChI is InChI=1S/C16H20N2O3S/c1-3-5-10-7-11(13(20)8-12(10)19)16-17-9-15(22-16)18-14(21)6-4-2/h7-9,19-20H,3-6H2,1-2H3,(H,18,21). The summed E-state index contributed by atoms with van der Waals surface area (Å²) < 4.78 is 0. The number of carbonyl (C=O) groups excluding carboxylic acids is 1. The Labute approximate surface area is 133 Å².